The van der Waals surface area contributed by atoms with Crippen molar-refractivity contribution < 1.29 is 24.2 Å². The molecule has 262 valence electrons. The zero-order valence-electron chi connectivity index (χ0n) is 28.1. The number of benzene rings is 3. The van der Waals surface area contributed by atoms with Crippen molar-refractivity contribution in [2.45, 2.75) is 57.3 Å². The van der Waals surface area contributed by atoms with Crippen LogP contribution in [0.5, 0.6) is 0 Å². The van der Waals surface area contributed by atoms with Crippen LogP contribution in [0.3, 0.4) is 0 Å². The molecule has 0 bridgehead atoms. The van der Waals surface area contributed by atoms with Crippen LogP contribution in [0.2, 0.25) is 0 Å². The van der Waals surface area contributed by atoms with E-state index in [0.29, 0.717) is 30.8 Å². The van der Waals surface area contributed by atoms with Crippen LogP contribution in [0.25, 0.3) is 0 Å². The Kier molecular flexibility index (Phi) is 12.0. The Morgan fingerprint density at radius 2 is 1.50 bits per heavy atom. The van der Waals surface area contributed by atoms with Crippen molar-refractivity contribution in [3.05, 3.63) is 114 Å². The summed E-state index contributed by atoms with van der Waals surface area (Å²) in [5.41, 5.74) is 10.7. The number of nitrogens with two attached hydrogens (primary N) is 1. The third-order valence-corrected chi connectivity index (χ3v) is 9.07. The van der Waals surface area contributed by atoms with Gasteiger partial charge in [0.05, 0.1) is 30.2 Å². The quantitative estimate of drug-likeness (QED) is 0.150. The first-order valence-electron chi connectivity index (χ1n) is 17.2. The van der Waals surface area contributed by atoms with E-state index < -0.39 is 6.29 Å². The van der Waals surface area contributed by atoms with E-state index in [0.717, 1.165) is 60.9 Å². The van der Waals surface area contributed by atoms with Gasteiger partial charge in [-0.25, -0.2) is 9.97 Å². The molecule has 0 spiro atoms. The molecular formula is C38H45N7O5. The molecule has 2 aliphatic rings. The third kappa shape index (κ3) is 9.63. The van der Waals surface area contributed by atoms with Gasteiger partial charge in [0.1, 0.15) is 0 Å². The molecule has 50 heavy (non-hydrogen) atoms. The molecule has 3 heterocycles. The highest BCUT2D eigenvalue weighted by atomic mass is 16.7. The average Bonchev–Trinajstić information content (AvgIpc) is 3.16. The minimum atomic E-state index is -0.559. The zero-order valence-corrected chi connectivity index (χ0v) is 28.1. The minimum absolute atomic E-state index is 0.00515. The van der Waals surface area contributed by atoms with Crippen LogP contribution in [-0.4, -0.2) is 70.6 Å². The van der Waals surface area contributed by atoms with Crippen LogP contribution in [0.1, 0.15) is 60.3 Å². The molecule has 2 saturated heterocycles. The predicted octanol–water partition coefficient (Wildman–Crippen LogP) is 4.34. The van der Waals surface area contributed by atoms with Gasteiger partial charge in [0.15, 0.2) is 6.29 Å². The van der Waals surface area contributed by atoms with Crippen molar-refractivity contribution >= 4 is 29.1 Å². The second-order valence-corrected chi connectivity index (χ2v) is 12.7. The van der Waals surface area contributed by atoms with Gasteiger partial charge in [0.25, 0.3) is 0 Å². The summed E-state index contributed by atoms with van der Waals surface area (Å²) >= 11 is 0. The molecule has 0 aliphatic carbocycles. The van der Waals surface area contributed by atoms with Gasteiger partial charge in [0, 0.05) is 76.5 Å². The molecule has 5 N–H and O–H groups in total. The molecule has 1 aromatic heterocycles. The summed E-state index contributed by atoms with van der Waals surface area (Å²) in [6.45, 7) is 4.61. The van der Waals surface area contributed by atoms with E-state index in [2.05, 4.69) is 30.4 Å². The topological polar surface area (TPSA) is 155 Å². The summed E-state index contributed by atoms with van der Waals surface area (Å²) < 4.78 is 13.1. The van der Waals surface area contributed by atoms with Gasteiger partial charge in [-0.1, -0.05) is 60.7 Å². The first-order valence-corrected chi connectivity index (χ1v) is 17.2. The first kappa shape index (κ1) is 35.0. The maximum atomic E-state index is 12.5. The molecule has 2 aliphatic heterocycles. The molecule has 0 radical (unpaired) electrons. The Bertz CT molecular complexity index is 1680. The van der Waals surface area contributed by atoms with Crippen molar-refractivity contribution in [1.82, 2.24) is 20.2 Å². The molecule has 2 fully saturated rings. The Labute approximate surface area is 292 Å². The summed E-state index contributed by atoms with van der Waals surface area (Å²) in [6, 6.07) is 24.7. The van der Waals surface area contributed by atoms with Crippen LogP contribution in [0.15, 0.2) is 91.3 Å². The number of nitrogens with one attached hydrogen (secondary N) is 2. The third-order valence-electron chi connectivity index (χ3n) is 9.07. The smallest absolute Gasteiger partial charge is 0.225 e. The van der Waals surface area contributed by atoms with E-state index in [1.54, 1.807) is 36.7 Å². The number of nitrogen functional groups attached to an aromatic ring is 1. The number of anilines is 3. The average molecular weight is 680 g/mol. The van der Waals surface area contributed by atoms with Gasteiger partial charge in [-0.3, -0.25) is 14.5 Å². The van der Waals surface area contributed by atoms with Crippen LogP contribution < -0.4 is 21.3 Å². The molecule has 6 rings (SSSR count). The lowest BCUT2D eigenvalue weighted by molar-refractivity contribution is -0.253. The molecule has 3 unspecified atom stereocenters. The van der Waals surface area contributed by atoms with Crippen LogP contribution in [0, 0.1) is 0 Å². The maximum absolute atomic E-state index is 12.5. The number of hydrogen-bond donors (Lipinski definition) is 4. The number of amides is 2. The largest absolute Gasteiger partial charge is 0.397 e. The Hall–Kier alpha value is -4.88. The van der Waals surface area contributed by atoms with Crippen molar-refractivity contribution in [2.75, 3.05) is 48.7 Å². The van der Waals surface area contributed by atoms with Gasteiger partial charge in [-0.05, 0) is 41.3 Å². The number of rotatable bonds is 13. The summed E-state index contributed by atoms with van der Waals surface area (Å²) in [4.78, 5) is 38.2. The number of aromatic nitrogens is 2. The summed E-state index contributed by atoms with van der Waals surface area (Å²) in [7, 11) is 0. The number of carbonyl (C=O) groups excluding carboxylic acids is 2. The van der Waals surface area contributed by atoms with Crippen LogP contribution >= 0.6 is 0 Å². The highest BCUT2D eigenvalue weighted by Crippen LogP contribution is 2.38. The molecular weight excluding hydrogens is 634 g/mol. The van der Waals surface area contributed by atoms with Gasteiger partial charge < -0.3 is 35.8 Å². The van der Waals surface area contributed by atoms with E-state index in [1.807, 2.05) is 54.6 Å². The predicted molar refractivity (Wildman–Crippen MR) is 191 cm³/mol. The first-order chi connectivity index (χ1) is 24.4. The summed E-state index contributed by atoms with van der Waals surface area (Å²) in [5, 5.41) is 15.3. The van der Waals surface area contributed by atoms with Crippen LogP contribution in [0.4, 0.5) is 17.3 Å². The fourth-order valence-corrected chi connectivity index (χ4v) is 6.22. The van der Waals surface area contributed by atoms with Gasteiger partial charge in [-0.15, -0.1) is 0 Å². The van der Waals surface area contributed by atoms with Gasteiger partial charge in [-0.2, -0.15) is 0 Å². The Balaban J connectivity index is 1.01. The normalized spacial score (nSPS) is 19.5. The Morgan fingerprint density at radius 3 is 2.22 bits per heavy atom. The molecule has 3 aromatic carbocycles. The van der Waals surface area contributed by atoms with Gasteiger partial charge in [0.2, 0.25) is 17.8 Å². The molecule has 3 atom stereocenters. The van der Waals surface area contributed by atoms with E-state index in [1.165, 1.54) is 0 Å². The SMILES string of the molecule is Nc1ccccc1NC(=O)CCCC(=O)NCc1ccc(C2OC(CN3CCN(c4ncccn4)CC3)CC(c3ccc(CO)cc3)O2)cc1. The maximum Gasteiger partial charge on any atom is 0.225 e. The number of aliphatic hydroxyl groups excluding tert-OH is 1. The molecule has 4 aromatic rings. The number of ether oxygens (including phenoxy) is 2. The van der Waals surface area contributed by atoms with Crippen molar-refractivity contribution in [3.8, 4) is 0 Å². The van der Waals surface area contributed by atoms with Gasteiger partial charge >= 0.3 is 0 Å². The van der Waals surface area contributed by atoms with E-state index >= 15 is 0 Å². The summed E-state index contributed by atoms with van der Waals surface area (Å²) in [6.07, 6.45) is 4.38. The van der Waals surface area contributed by atoms with E-state index in [-0.39, 0.29) is 43.5 Å². The number of carbonyl (C=O) groups is 2. The number of para-hydroxylation sites is 2. The molecule has 0 saturated carbocycles. The molecule has 12 heteroatoms. The lowest BCUT2D eigenvalue weighted by Gasteiger charge is -2.40. The van der Waals surface area contributed by atoms with E-state index in [4.69, 9.17) is 15.2 Å². The number of hydrogen-bond acceptors (Lipinski definition) is 10. The molecule has 2 amide bonds. The highest BCUT2D eigenvalue weighted by molar-refractivity contribution is 5.93. The minimum Gasteiger partial charge on any atom is -0.397 e. The lowest BCUT2D eigenvalue weighted by Crippen LogP contribution is -2.50. The second kappa shape index (κ2) is 17.2. The fourth-order valence-electron chi connectivity index (χ4n) is 6.22. The van der Waals surface area contributed by atoms with Crippen molar-refractivity contribution in [2.24, 2.45) is 0 Å². The second-order valence-electron chi connectivity index (χ2n) is 12.7. The Morgan fingerprint density at radius 1 is 0.820 bits per heavy atom. The fraction of sp³-hybridized carbons (Fsp3) is 0.368. The number of piperazine rings is 1. The highest BCUT2D eigenvalue weighted by Gasteiger charge is 2.34. The van der Waals surface area contributed by atoms with E-state index in [9.17, 15) is 14.7 Å². The zero-order chi connectivity index (χ0) is 34.7. The standard InChI is InChI=1S/C38H45N7O5/c39-32-5-1-2-6-33(32)43-36(48)8-3-7-35(47)42-24-27-9-15-30(16-10-27)37-49-31(23-34(50-37)29-13-11-28(26-46)12-14-29)25-44-19-21-45(22-20-44)38-40-17-4-18-41-38/h1-2,4-6,9-18,31,34,37,46H,3,7-8,19-26,39H2,(H,42,47)(H,43,48). The summed E-state index contributed by atoms with van der Waals surface area (Å²) in [5.74, 6) is 0.472. The number of aliphatic hydroxyl groups is 1. The number of nitrogens with zero attached hydrogens (tertiary/aromatic N) is 4. The molecule has 12 nitrogen and oxygen atoms in total. The van der Waals surface area contributed by atoms with Crippen molar-refractivity contribution in [1.29, 1.82) is 0 Å². The lowest BCUT2D eigenvalue weighted by atomic mass is 9.99. The van der Waals surface area contributed by atoms with Crippen LogP contribution in [-0.2, 0) is 32.2 Å². The monoisotopic (exact) mass is 679 g/mol. The van der Waals surface area contributed by atoms with Crippen molar-refractivity contribution in [3.63, 3.8) is 0 Å².